The predicted molar refractivity (Wildman–Crippen MR) is 73.7 cm³/mol. The molecule has 3 heterocycles. The van der Waals surface area contributed by atoms with Crippen molar-refractivity contribution >= 4 is 0 Å². The SMILES string of the molecule is CC(C)c1cc(-c2ccco2)cc(-c2ccco2)n1. The summed E-state index contributed by atoms with van der Waals surface area (Å²) in [6.07, 6.45) is 3.34. The van der Waals surface area contributed by atoms with Crippen molar-refractivity contribution in [3.05, 3.63) is 54.6 Å². The Morgan fingerprint density at radius 2 is 1.63 bits per heavy atom. The molecule has 0 saturated heterocycles. The van der Waals surface area contributed by atoms with Crippen LogP contribution < -0.4 is 0 Å². The number of nitrogens with zero attached hydrogens (tertiary/aromatic N) is 1. The third kappa shape index (κ3) is 2.32. The van der Waals surface area contributed by atoms with Crippen LogP contribution in [0.1, 0.15) is 25.5 Å². The van der Waals surface area contributed by atoms with Crippen molar-refractivity contribution in [2.24, 2.45) is 0 Å². The number of furan rings is 2. The first-order valence-electron chi connectivity index (χ1n) is 6.34. The van der Waals surface area contributed by atoms with Crippen LogP contribution in [0, 0.1) is 0 Å². The lowest BCUT2D eigenvalue weighted by Crippen LogP contribution is -1.95. The van der Waals surface area contributed by atoms with Gasteiger partial charge in [0.05, 0.1) is 12.5 Å². The first-order valence-corrected chi connectivity index (χ1v) is 6.34. The highest BCUT2D eigenvalue weighted by molar-refractivity contribution is 5.65. The predicted octanol–water partition coefficient (Wildman–Crippen LogP) is 4.73. The molecule has 3 aromatic heterocycles. The Balaban J connectivity index is 2.15. The summed E-state index contributed by atoms with van der Waals surface area (Å²) in [7, 11) is 0. The Hall–Kier alpha value is -2.29. The molecule has 0 aliphatic carbocycles. The van der Waals surface area contributed by atoms with Gasteiger partial charge >= 0.3 is 0 Å². The second-order valence-corrected chi connectivity index (χ2v) is 4.78. The van der Waals surface area contributed by atoms with E-state index in [1.165, 1.54) is 0 Å². The van der Waals surface area contributed by atoms with Gasteiger partial charge in [-0.15, -0.1) is 0 Å². The fourth-order valence-corrected chi connectivity index (χ4v) is 1.98. The van der Waals surface area contributed by atoms with Crippen LogP contribution in [0.3, 0.4) is 0 Å². The van der Waals surface area contributed by atoms with Crippen molar-refractivity contribution in [1.29, 1.82) is 0 Å². The monoisotopic (exact) mass is 253 g/mol. The average Bonchev–Trinajstić information content (AvgIpc) is 3.11. The minimum atomic E-state index is 0.351. The zero-order valence-corrected chi connectivity index (χ0v) is 11.0. The Morgan fingerprint density at radius 1 is 0.947 bits per heavy atom. The van der Waals surface area contributed by atoms with Gasteiger partial charge in [-0.3, -0.25) is 0 Å². The smallest absolute Gasteiger partial charge is 0.152 e. The number of rotatable bonds is 3. The van der Waals surface area contributed by atoms with Crippen molar-refractivity contribution in [2.45, 2.75) is 19.8 Å². The van der Waals surface area contributed by atoms with E-state index in [2.05, 4.69) is 24.9 Å². The Labute approximate surface area is 111 Å². The molecule has 3 aromatic rings. The van der Waals surface area contributed by atoms with Crippen LogP contribution in [-0.2, 0) is 0 Å². The minimum absolute atomic E-state index is 0.351. The molecule has 0 saturated carbocycles. The molecule has 0 spiro atoms. The maximum absolute atomic E-state index is 5.47. The summed E-state index contributed by atoms with van der Waals surface area (Å²) in [5.41, 5.74) is 2.89. The van der Waals surface area contributed by atoms with Crippen LogP contribution in [-0.4, -0.2) is 4.98 Å². The van der Waals surface area contributed by atoms with Crippen LogP contribution in [0.2, 0.25) is 0 Å². The summed E-state index contributed by atoms with van der Waals surface area (Å²) >= 11 is 0. The third-order valence-electron chi connectivity index (χ3n) is 3.02. The van der Waals surface area contributed by atoms with Crippen molar-refractivity contribution < 1.29 is 8.83 Å². The Morgan fingerprint density at radius 3 is 2.21 bits per heavy atom. The fourth-order valence-electron chi connectivity index (χ4n) is 1.98. The fraction of sp³-hybridized carbons (Fsp3) is 0.188. The maximum atomic E-state index is 5.47. The first-order chi connectivity index (χ1) is 9.24. The highest BCUT2D eigenvalue weighted by Gasteiger charge is 2.11. The zero-order valence-electron chi connectivity index (χ0n) is 11.0. The van der Waals surface area contributed by atoms with E-state index in [1.807, 2.05) is 30.3 Å². The molecular formula is C16H15NO2. The lowest BCUT2D eigenvalue weighted by Gasteiger charge is -2.09. The van der Waals surface area contributed by atoms with Gasteiger partial charge < -0.3 is 8.83 Å². The van der Waals surface area contributed by atoms with E-state index in [0.29, 0.717) is 5.92 Å². The highest BCUT2D eigenvalue weighted by atomic mass is 16.3. The van der Waals surface area contributed by atoms with Crippen molar-refractivity contribution in [2.75, 3.05) is 0 Å². The molecule has 0 aliphatic rings. The molecule has 0 atom stereocenters. The van der Waals surface area contributed by atoms with Gasteiger partial charge in [0.1, 0.15) is 11.5 Å². The molecule has 0 aromatic carbocycles. The molecule has 0 aliphatic heterocycles. The normalized spacial score (nSPS) is 11.1. The largest absolute Gasteiger partial charge is 0.464 e. The molecule has 0 unspecified atom stereocenters. The van der Waals surface area contributed by atoms with Crippen molar-refractivity contribution in [3.8, 4) is 22.8 Å². The molecule has 19 heavy (non-hydrogen) atoms. The molecule has 0 radical (unpaired) electrons. The van der Waals surface area contributed by atoms with E-state index < -0.39 is 0 Å². The first kappa shape index (κ1) is 11.8. The molecule has 0 bridgehead atoms. The second-order valence-electron chi connectivity index (χ2n) is 4.78. The average molecular weight is 253 g/mol. The van der Waals surface area contributed by atoms with Crippen LogP contribution in [0.15, 0.2) is 57.8 Å². The zero-order chi connectivity index (χ0) is 13.2. The molecule has 3 heteroatoms. The standard InChI is InChI=1S/C16H15NO2/c1-11(2)13-9-12(15-5-3-7-18-15)10-14(17-13)16-6-4-8-19-16/h3-11H,1-2H3. The Bertz CT molecular complexity index is 600. The number of aromatic nitrogens is 1. The molecule has 96 valence electrons. The molecule has 0 amide bonds. The second kappa shape index (κ2) is 4.76. The molecule has 3 nitrogen and oxygen atoms in total. The van der Waals surface area contributed by atoms with E-state index in [9.17, 15) is 0 Å². The van der Waals surface area contributed by atoms with E-state index in [1.54, 1.807) is 12.5 Å². The molecular weight excluding hydrogens is 238 g/mol. The van der Waals surface area contributed by atoms with Gasteiger partial charge in [-0.2, -0.15) is 0 Å². The van der Waals surface area contributed by atoms with Crippen LogP contribution in [0.5, 0.6) is 0 Å². The van der Waals surface area contributed by atoms with Crippen molar-refractivity contribution in [1.82, 2.24) is 4.98 Å². The van der Waals surface area contributed by atoms with Gasteiger partial charge in [-0.25, -0.2) is 4.98 Å². The van der Waals surface area contributed by atoms with Gasteiger partial charge in [0.25, 0.3) is 0 Å². The summed E-state index contributed by atoms with van der Waals surface area (Å²) < 4.78 is 10.9. The van der Waals surface area contributed by atoms with Gasteiger partial charge in [0, 0.05) is 11.3 Å². The van der Waals surface area contributed by atoms with Gasteiger partial charge in [-0.1, -0.05) is 13.8 Å². The number of hydrogen-bond acceptors (Lipinski definition) is 3. The summed E-state index contributed by atoms with van der Waals surface area (Å²) in [5.74, 6) is 1.97. The van der Waals surface area contributed by atoms with Gasteiger partial charge in [0.2, 0.25) is 0 Å². The van der Waals surface area contributed by atoms with Crippen LogP contribution in [0.25, 0.3) is 22.8 Å². The lowest BCUT2D eigenvalue weighted by atomic mass is 10.0. The van der Waals surface area contributed by atoms with Gasteiger partial charge in [-0.05, 0) is 42.3 Å². The molecule has 3 rings (SSSR count). The van der Waals surface area contributed by atoms with Crippen molar-refractivity contribution in [3.63, 3.8) is 0 Å². The topological polar surface area (TPSA) is 39.2 Å². The summed E-state index contributed by atoms with van der Waals surface area (Å²) in [6.45, 7) is 4.25. The van der Waals surface area contributed by atoms with Gasteiger partial charge in [0.15, 0.2) is 5.76 Å². The van der Waals surface area contributed by atoms with E-state index >= 15 is 0 Å². The number of hydrogen-bond donors (Lipinski definition) is 0. The molecule has 0 N–H and O–H groups in total. The quantitative estimate of drug-likeness (QED) is 0.677. The summed E-state index contributed by atoms with van der Waals surface area (Å²) in [5, 5.41) is 0. The third-order valence-corrected chi connectivity index (χ3v) is 3.02. The van der Waals surface area contributed by atoms with Crippen LogP contribution in [0.4, 0.5) is 0 Å². The Kier molecular flexibility index (Phi) is 2.95. The van der Waals surface area contributed by atoms with E-state index in [-0.39, 0.29) is 0 Å². The maximum Gasteiger partial charge on any atom is 0.152 e. The summed E-state index contributed by atoms with van der Waals surface area (Å²) in [4.78, 5) is 4.65. The highest BCUT2D eigenvalue weighted by Crippen LogP contribution is 2.28. The summed E-state index contributed by atoms with van der Waals surface area (Å²) in [6, 6.07) is 11.7. The van der Waals surface area contributed by atoms with E-state index in [0.717, 1.165) is 28.5 Å². The van der Waals surface area contributed by atoms with Crippen LogP contribution >= 0.6 is 0 Å². The number of pyridine rings is 1. The lowest BCUT2D eigenvalue weighted by molar-refractivity contribution is 0.577. The molecule has 0 fully saturated rings. The van der Waals surface area contributed by atoms with E-state index in [4.69, 9.17) is 8.83 Å². The minimum Gasteiger partial charge on any atom is -0.464 e.